The van der Waals surface area contributed by atoms with Crippen molar-refractivity contribution in [1.29, 1.82) is 0 Å². The Kier molecular flexibility index (Phi) is 4.72. The molecule has 1 heterocycles. The molecule has 0 bridgehead atoms. The second-order valence-corrected chi connectivity index (χ2v) is 5.24. The number of hydrogen-bond acceptors (Lipinski definition) is 6. The predicted octanol–water partition coefficient (Wildman–Crippen LogP) is 1.66. The molecule has 0 saturated carbocycles. The first-order valence-corrected chi connectivity index (χ1v) is 7.45. The summed E-state index contributed by atoms with van der Waals surface area (Å²) < 4.78 is 11.8. The van der Waals surface area contributed by atoms with Gasteiger partial charge in [-0.3, -0.25) is 0 Å². The fourth-order valence-electron chi connectivity index (χ4n) is 2.30. The van der Waals surface area contributed by atoms with E-state index in [0.717, 1.165) is 11.0 Å². The molecule has 0 radical (unpaired) electrons. The number of benzene rings is 2. The standard InChI is InChI=1S/C17H17N3O4/c1-23-17(22)12-6-8-14(9-7-12)24-11-13(21)10-20-16-5-3-2-4-15(16)18-19-20/h2-9,13,21H,10-11H2,1H3/t13-/m0/s1. The molecule has 0 aliphatic rings. The molecular weight excluding hydrogens is 310 g/mol. The van der Waals surface area contributed by atoms with Crippen molar-refractivity contribution in [2.45, 2.75) is 12.6 Å². The van der Waals surface area contributed by atoms with Gasteiger partial charge in [0.1, 0.15) is 24.0 Å². The number of para-hydroxylation sites is 1. The first kappa shape index (κ1) is 15.9. The smallest absolute Gasteiger partial charge is 0.337 e. The van der Waals surface area contributed by atoms with Crippen molar-refractivity contribution in [3.05, 3.63) is 54.1 Å². The minimum atomic E-state index is -0.740. The van der Waals surface area contributed by atoms with Crippen molar-refractivity contribution in [3.8, 4) is 5.75 Å². The largest absolute Gasteiger partial charge is 0.491 e. The summed E-state index contributed by atoms with van der Waals surface area (Å²) in [5.74, 6) is 0.157. The van der Waals surface area contributed by atoms with Crippen LogP contribution in [0.25, 0.3) is 11.0 Å². The van der Waals surface area contributed by atoms with E-state index in [1.54, 1.807) is 28.9 Å². The van der Waals surface area contributed by atoms with Crippen LogP contribution in [0.1, 0.15) is 10.4 Å². The second kappa shape index (κ2) is 7.10. The van der Waals surface area contributed by atoms with Crippen LogP contribution in [0.2, 0.25) is 0 Å². The average molecular weight is 327 g/mol. The van der Waals surface area contributed by atoms with Gasteiger partial charge in [-0.25, -0.2) is 9.48 Å². The van der Waals surface area contributed by atoms with E-state index in [1.807, 2.05) is 24.3 Å². The van der Waals surface area contributed by atoms with Crippen molar-refractivity contribution in [1.82, 2.24) is 15.0 Å². The van der Waals surface area contributed by atoms with Gasteiger partial charge in [0.05, 0.1) is 24.7 Å². The molecule has 0 aliphatic carbocycles. The Labute approximate surface area is 138 Å². The van der Waals surface area contributed by atoms with Gasteiger partial charge in [-0.05, 0) is 36.4 Å². The maximum absolute atomic E-state index is 11.4. The number of aliphatic hydroxyl groups excluding tert-OH is 1. The second-order valence-electron chi connectivity index (χ2n) is 5.24. The number of rotatable bonds is 6. The first-order chi connectivity index (χ1) is 11.7. The molecule has 0 fully saturated rings. The molecule has 1 atom stereocenters. The number of esters is 1. The van der Waals surface area contributed by atoms with Crippen molar-refractivity contribution >= 4 is 17.0 Å². The van der Waals surface area contributed by atoms with Gasteiger partial charge in [-0.2, -0.15) is 0 Å². The van der Waals surface area contributed by atoms with Gasteiger partial charge in [0.25, 0.3) is 0 Å². The third-order valence-corrected chi connectivity index (χ3v) is 3.52. The molecule has 3 rings (SSSR count). The lowest BCUT2D eigenvalue weighted by molar-refractivity contribution is 0.0600. The number of ether oxygens (including phenoxy) is 2. The van der Waals surface area contributed by atoms with Gasteiger partial charge >= 0.3 is 5.97 Å². The molecule has 0 spiro atoms. The first-order valence-electron chi connectivity index (χ1n) is 7.45. The fourth-order valence-corrected chi connectivity index (χ4v) is 2.30. The summed E-state index contributed by atoms with van der Waals surface area (Å²) in [5, 5.41) is 18.2. The Morgan fingerprint density at radius 3 is 2.71 bits per heavy atom. The van der Waals surface area contributed by atoms with E-state index >= 15 is 0 Å². The lowest BCUT2D eigenvalue weighted by Gasteiger charge is -2.13. The maximum atomic E-state index is 11.4. The van der Waals surface area contributed by atoms with Crippen LogP contribution in [-0.4, -0.2) is 45.9 Å². The predicted molar refractivity (Wildman–Crippen MR) is 86.8 cm³/mol. The van der Waals surface area contributed by atoms with Gasteiger partial charge in [-0.1, -0.05) is 17.3 Å². The number of methoxy groups -OCH3 is 1. The Hall–Kier alpha value is -2.93. The summed E-state index contributed by atoms with van der Waals surface area (Å²) in [6.45, 7) is 0.381. The Morgan fingerprint density at radius 1 is 1.21 bits per heavy atom. The molecule has 7 nitrogen and oxygen atoms in total. The number of carbonyl (C=O) groups is 1. The van der Waals surface area contributed by atoms with Crippen LogP contribution in [0.5, 0.6) is 5.75 Å². The molecule has 0 unspecified atom stereocenters. The quantitative estimate of drug-likeness (QED) is 0.693. The summed E-state index contributed by atoms with van der Waals surface area (Å²) in [6, 6.07) is 14.1. The molecule has 24 heavy (non-hydrogen) atoms. The Morgan fingerprint density at radius 2 is 1.96 bits per heavy atom. The monoisotopic (exact) mass is 327 g/mol. The molecule has 1 N–H and O–H groups in total. The zero-order valence-corrected chi connectivity index (χ0v) is 13.1. The molecule has 1 aromatic heterocycles. The van der Waals surface area contributed by atoms with Crippen LogP contribution in [0, 0.1) is 0 Å². The maximum Gasteiger partial charge on any atom is 0.337 e. The van der Waals surface area contributed by atoms with E-state index in [4.69, 9.17) is 4.74 Å². The van der Waals surface area contributed by atoms with Crippen LogP contribution in [0.4, 0.5) is 0 Å². The third kappa shape index (κ3) is 3.52. The van der Waals surface area contributed by atoms with Gasteiger partial charge in [0.2, 0.25) is 0 Å². The van der Waals surface area contributed by atoms with Gasteiger partial charge in [0.15, 0.2) is 0 Å². The number of carbonyl (C=O) groups excluding carboxylic acids is 1. The summed E-state index contributed by atoms with van der Waals surface area (Å²) >= 11 is 0. The summed E-state index contributed by atoms with van der Waals surface area (Å²) in [6.07, 6.45) is -0.740. The highest BCUT2D eigenvalue weighted by atomic mass is 16.5. The zero-order valence-electron chi connectivity index (χ0n) is 13.1. The van der Waals surface area contributed by atoms with E-state index in [9.17, 15) is 9.90 Å². The Bertz CT molecular complexity index is 829. The average Bonchev–Trinajstić information content (AvgIpc) is 3.03. The zero-order chi connectivity index (χ0) is 16.9. The summed E-state index contributed by atoms with van der Waals surface area (Å²) in [5.41, 5.74) is 2.09. The van der Waals surface area contributed by atoms with Crippen molar-refractivity contribution < 1.29 is 19.4 Å². The van der Waals surface area contributed by atoms with Gasteiger partial charge in [-0.15, -0.1) is 5.10 Å². The number of aromatic nitrogens is 3. The van der Waals surface area contributed by atoms with Crippen LogP contribution in [-0.2, 0) is 11.3 Å². The van der Waals surface area contributed by atoms with Gasteiger partial charge < -0.3 is 14.6 Å². The highest BCUT2D eigenvalue weighted by molar-refractivity contribution is 5.89. The fraction of sp³-hybridized carbons (Fsp3) is 0.235. The number of nitrogens with zero attached hydrogens (tertiary/aromatic N) is 3. The van der Waals surface area contributed by atoms with Crippen molar-refractivity contribution in [3.63, 3.8) is 0 Å². The minimum absolute atomic E-state index is 0.103. The molecule has 2 aromatic carbocycles. The van der Waals surface area contributed by atoms with E-state index in [-0.39, 0.29) is 13.2 Å². The van der Waals surface area contributed by atoms with Crippen molar-refractivity contribution in [2.24, 2.45) is 0 Å². The highest BCUT2D eigenvalue weighted by Gasteiger charge is 2.11. The van der Waals surface area contributed by atoms with E-state index < -0.39 is 12.1 Å². The minimum Gasteiger partial charge on any atom is -0.491 e. The summed E-state index contributed by atoms with van der Waals surface area (Å²) in [4.78, 5) is 11.4. The SMILES string of the molecule is COC(=O)c1ccc(OC[C@@H](O)Cn2nnc3ccccc32)cc1. The van der Waals surface area contributed by atoms with Crippen LogP contribution < -0.4 is 4.74 Å². The normalized spacial score (nSPS) is 12.1. The van der Waals surface area contributed by atoms with Gasteiger partial charge in [0, 0.05) is 0 Å². The lowest BCUT2D eigenvalue weighted by Crippen LogP contribution is -2.24. The Balaban J connectivity index is 1.57. The highest BCUT2D eigenvalue weighted by Crippen LogP contribution is 2.14. The molecule has 7 heteroatoms. The molecular formula is C17H17N3O4. The topological polar surface area (TPSA) is 86.5 Å². The summed E-state index contributed by atoms with van der Waals surface area (Å²) in [7, 11) is 1.33. The molecule has 124 valence electrons. The molecule has 0 saturated heterocycles. The molecule has 3 aromatic rings. The van der Waals surface area contributed by atoms with E-state index in [0.29, 0.717) is 11.3 Å². The number of hydrogen-bond donors (Lipinski definition) is 1. The lowest BCUT2D eigenvalue weighted by atomic mass is 10.2. The van der Waals surface area contributed by atoms with Crippen LogP contribution >= 0.6 is 0 Å². The van der Waals surface area contributed by atoms with Crippen molar-refractivity contribution in [2.75, 3.05) is 13.7 Å². The molecule has 0 amide bonds. The third-order valence-electron chi connectivity index (χ3n) is 3.52. The number of aliphatic hydroxyl groups is 1. The molecule has 0 aliphatic heterocycles. The van der Waals surface area contributed by atoms with E-state index in [2.05, 4.69) is 15.0 Å². The number of fused-ring (bicyclic) bond motifs is 1. The van der Waals surface area contributed by atoms with Crippen LogP contribution in [0.15, 0.2) is 48.5 Å². The van der Waals surface area contributed by atoms with Crippen LogP contribution in [0.3, 0.4) is 0 Å². The van der Waals surface area contributed by atoms with E-state index in [1.165, 1.54) is 7.11 Å².